The van der Waals surface area contributed by atoms with E-state index in [9.17, 15) is 4.79 Å². The third-order valence-corrected chi connectivity index (χ3v) is 4.17. The van der Waals surface area contributed by atoms with E-state index in [0.717, 1.165) is 24.2 Å². The Morgan fingerprint density at radius 2 is 2.19 bits per heavy atom. The third-order valence-electron chi connectivity index (χ3n) is 4.17. The molecule has 2 amide bonds. The lowest BCUT2D eigenvalue weighted by Gasteiger charge is -2.09. The van der Waals surface area contributed by atoms with Gasteiger partial charge >= 0.3 is 6.03 Å². The second-order valence-electron chi connectivity index (χ2n) is 6.28. The molecule has 0 unspecified atom stereocenters. The van der Waals surface area contributed by atoms with Gasteiger partial charge in [0.2, 0.25) is 0 Å². The Morgan fingerprint density at radius 3 is 2.96 bits per heavy atom. The minimum absolute atomic E-state index is 0.136. The Labute approximate surface area is 155 Å². The fraction of sp³-hybridized carbons (Fsp3) is 0.333. The van der Waals surface area contributed by atoms with Crippen LogP contribution < -0.4 is 10.6 Å². The molecule has 2 N–H and O–H groups in total. The maximum absolute atomic E-state index is 12.3. The summed E-state index contributed by atoms with van der Waals surface area (Å²) >= 11 is 0. The second kappa shape index (κ2) is 7.58. The van der Waals surface area contributed by atoms with Gasteiger partial charge in [0.25, 0.3) is 5.89 Å². The molecule has 0 bridgehead atoms. The van der Waals surface area contributed by atoms with E-state index in [1.165, 1.54) is 0 Å². The van der Waals surface area contributed by atoms with Gasteiger partial charge in [0.1, 0.15) is 11.9 Å². The van der Waals surface area contributed by atoms with Gasteiger partial charge in [-0.25, -0.2) is 9.48 Å². The fourth-order valence-corrected chi connectivity index (χ4v) is 2.92. The zero-order chi connectivity index (χ0) is 18.6. The van der Waals surface area contributed by atoms with Crippen molar-refractivity contribution in [3.63, 3.8) is 0 Å². The third kappa shape index (κ3) is 3.98. The summed E-state index contributed by atoms with van der Waals surface area (Å²) in [7, 11) is 0. The minimum atomic E-state index is -0.379. The van der Waals surface area contributed by atoms with Crippen molar-refractivity contribution >= 4 is 11.8 Å². The number of benzene rings is 1. The SMILES string of the molecule is Cc1cc(NC(=O)NCc2noc([C@H]3CCCO3)n2)n(-c2ccccc2)n1. The van der Waals surface area contributed by atoms with E-state index in [1.807, 2.05) is 37.3 Å². The van der Waals surface area contributed by atoms with Crippen LogP contribution in [0, 0.1) is 6.92 Å². The van der Waals surface area contributed by atoms with Crippen molar-refractivity contribution in [2.45, 2.75) is 32.4 Å². The Hall–Kier alpha value is -3.20. The molecule has 1 fully saturated rings. The second-order valence-corrected chi connectivity index (χ2v) is 6.28. The van der Waals surface area contributed by atoms with Crippen molar-refractivity contribution in [3.8, 4) is 5.69 Å². The molecule has 0 saturated carbocycles. The molecule has 1 aliphatic rings. The van der Waals surface area contributed by atoms with Crippen molar-refractivity contribution in [1.82, 2.24) is 25.2 Å². The van der Waals surface area contributed by atoms with Crippen LogP contribution in [-0.2, 0) is 11.3 Å². The molecular weight excluding hydrogens is 348 g/mol. The van der Waals surface area contributed by atoms with Crippen molar-refractivity contribution in [2.24, 2.45) is 0 Å². The number of amides is 2. The van der Waals surface area contributed by atoms with Gasteiger partial charge in [0, 0.05) is 12.7 Å². The molecule has 140 valence electrons. The number of para-hydroxylation sites is 1. The monoisotopic (exact) mass is 368 g/mol. The lowest BCUT2D eigenvalue weighted by molar-refractivity contribution is 0.0835. The predicted molar refractivity (Wildman–Crippen MR) is 96.4 cm³/mol. The summed E-state index contributed by atoms with van der Waals surface area (Å²) in [5.74, 6) is 1.44. The highest BCUT2D eigenvalue weighted by molar-refractivity contribution is 5.88. The van der Waals surface area contributed by atoms with Crippen molar-refractivity contribution < 1.29 is 14.1 Å². The average molecular weight is 368 g/mol. The van der Waals surface area contributed by atoms with Crippen LogP contribution >= 0.6 is 0 Å². The first-order valence-corrected chi connectivity index (χ1v) is 8.80. The predicted octanol–water partition coefficient (Wildman–Crippen LogP) is 2.74. The molecule has 1 atom stereocenters. The molecule has 0 radical (unpaired) electrons. The van der Waals surface area contributed by atoms with Crippen LogP contribution in [0.4, 0.5) is 10.6 Å². The van der Waals surface area contributed by atoms with E-state index < -0.39 is 0 Å². The number of rotatable bonds is 5. The molecule has 0 aliphatic carbocycles. The van der Waals surface area contributed by atoms with E-state index in [0.29, 0.717) is 24.1 Å². The molecule has 1 saturated heterocycles. The van der Waals surface area contributed by atoms with E-state index >= 15 is 0 Å². The number of anilines is 1. The van der Waals surface area contributed by atoms with Crippen LogP contribution in [0.2, 0.25) is 0 Å². The molecule has 2 aromatic heterocycles. The molecule has 9 heteroatoms. The van der Waals surface area contributed by atoms with Crippen LogP contribution in [-0.4, -0.2) is 32.6 Å². The average Bonchev–Trinajstić information content (AvgIpc) is 3.41. The van der Waals surface area contributed by atoms with E-state index in [-0.39, 0.29) is 18.7 Å². The number of nitrogens with one attached hydrogen (secondary N) is 2. The summed E-state index contributed by atoms with van der Waals surface area (Å²) < 4.78 is 12.4. The molecule has 3 heterocycles. The molecule has 9 nitrogen and oxygen atoms in total. The standard InChI is InChI=1S/C18H20N6O3/c1-12-10-16(24(22-12)13-6-3-2-4-7-13)21-18(25)19-11-15-20-17(27-23-15)14-8-5-9-26-14/h2-4,6-7,10,14H,5,8-9,11H2,1H3,(H2,19,21,25)/t14-/m1/s1. The Balaban J connectivity index is 1.37. The highest BCUT2D eigenvalue weighted by Gasteiger charge is 2.23. The van der Waals surface area contributed by atoms with Gasteiger partial charge in [0.15, 0.2) is 5.82 Å². The van der Waals surface area contributed by atoms with E-state index in [4.69, 9.17) is 9.26 Å². The topological polar surface area (TPSA) is 107 Å². The summed E-state index contributed by atoms with van der Waals surface area (Å²) in [5, 5.41) is 13.8. The molecule has 4 rings (SSSR count). The number of urea groups is 1. The maximum Gasteiger partial charge on any atom is 0.320 e. The molecular formula is C18H20N6O3. The lowest BCUT2D eigenvalue weighted by atomic mass is 10.2. The number of aromatic nitrogens is 4. The minimum Gasteiger partial charge on any atom is -0.368 e. The quantitative estimate of drug-likeness (QED) is 0.717. The molecule has 27 heavy (non-hydrogen) atoms. The normalized spacial score (nSPS) is 16.4. The summed E-state index contributed by atoms with van der Waals surface area (Å²) in [6.45, 7) is 2.73. The van der Waals surface area contributed by atoms with E-state index in [2.05, 4.69) is 25.9 Å². The zero-order valence-electron chi connectivity index (χ0n) is 14.9. The maximum atomic E-state index is 12.3. The number of nitrogens with zero attached hydrogens (tertiary/aromatic N) is 4. The van der Waals surface area contributed by atoms with Crippen LogP contribution in [0.3, 0.4) is 0 Å². The smallest absolute Gasteiger partial charge is 0.320 e. The van der Waals surface area contributed by atoms with Crippen LogP contribution in [0.5, 0.6) is 0 Å². The van der Waals surface area contributed by atoms with Crippen LogP contribution in [0.15, 0.2) is 40.9 Å². The van der Waals surface area contributed by atoms with E-state index in [1.54, 1.807) is 10.7 Å². The van der Waals surface area contributed by atoms with Gasteiger partial charge in [-0.15, -0.1) is 0 Å². The van der Waals surface area contributed by atoms with Gasteiger partial charge in [-0.05, 0) is 31.9 Å². The van der Waals surface area contributed by atoms with Crippen LogP contribution in [0.25, 0.3) is 5.69 Å². The van der Waals surface area contributed by atoms with Gasteiger partial charge in [-0.2, -0.15) is 10.1 Å². The lowest BCUT2D eigenvalue weighted by Crippen LogP contribution is -2.29. The molecule has 3 aromatic rings. The largest absolute Gasteiger partial charge is 0.368 e. The highest BCUT2D eigenvalue weighted by Crippen LogP contribution is 2.26. The summed E-state index contributed by atoms with van der Waals surface area (Å²) in [5.41, 5.74) is 1.66. The van der Waals surface area contributed by atoms with Crippen LogP contribution in [0.1, 0.15) is 36.4 Å². The number of carbonyl (C=O) groups excluding carboxylic acids is 1. The van der Waals surface area contributed by atoms with Gasteiger partial charge in [-0.1, -0.05) is 23.4 Å². The van der Waals surface area contributed by atoms with Crippen molar-refractivity contribution in [3.05, 3.63) is 53.8 Å². The van der Waals surface area contributed by atoms with Gasteiger partial charge in [-0.3, -0.25) is 5.32 Å². The van der Waals surface area contributed by atoms with Crippen molar-refractivity contribution in [2.75, 3.05) is 11.9 Å². The number of hydrogen-bond donors (Lipinski definition) is 2. The molecule has 1 aliphatic heterocycles. The number of hydrogen-bond acceptors (Lipinski definition) is 6. The van der Waals surface area contributed by atoms with Gasteiger partial charge in [0.05, 0.1) is 17.9 Å². The highest BCUT2D eigenvalue weighted by atomic mass is 16.5. The van der Waals surface area contributed by atoms with Gasteiger partial charge < -0.3 is 14.6 Å². The Morgan fingerprint density at radius 1 is 1.33 bits per heavy atom. The number of aryl methyl sites for hydroxylation is 1. The molecule has 1 aromatic carbocycles. The first-order valence-electron chi connectivity index (χ1n) is 8.80. The molecule has 0 spiro atoms. The summed E-state index contributed by atoms with van der Waals surface area (Å²) in [4.78, 5) is 16.5. The summed E-state index contributed by atoms with van der Waals surface area (Å²) in [6.07, 6.45) is 1.72. The number of carbonyl (C=O) groups is 1. The Kier molecular flexibility index (Phi) is 4.84. The van der Waals surface area contributed by atoms with Crippen molar-refractivity contribution in [1.29, 1.82) is 0 Å². The summed E-state index contributed by atoms with van der Waals surface area (Å²) in [6, 6.07) is 11.0. The first kappa shape index (κ1) is 17.2. The first-order chi connectivity index (χ1) is 13.2. The fourth-order valence-electron chi connectivity index (χ4n) is 2.92. The Bertz CT molecular complexity index is 914. The zero-order valence-corrected chi connectivity index (χ0v) is 14.9. The number of ether oxygens (including phenoxy) is 1.